The Balaban J connectivity index is 1.58. The zero-order valence-corrected chi connectivity index (χ0v) is 17.9. The lowest BCUT2D eigenvalue weighted by atomic mass is 10.1. The number of anilines is 3. The van der Waals surface area contributed by atoms with E-state index in [2.05, 4.69) is 130 Å². The van der Waals surface area contributed by atoms with Gasteiger partial charge in [-0.25, -0.2) is 0 Å². The Morgan fingerprint density at radius 1 is 0.394 bits per heavy atom. The van der Waals surface area contributed by atoms with Crippen LogP contribution in [-0.2, 0) is 0 Å². The molecule has 0 aliphatic heterocycles. The highest BCUT2D eigenvalue weighted by Crippen LogP contribution is 2.43. The average molecular weight is 424 g/mol. The van der Waals surface area contributed by atoms with E-state index in [0.717, 1.165) is 39.1 Å². The molecular weight excluding hydrogens is 402 g/mol. The van der Waals surface area contributed by atoms with E-state index in [-0.39, 0.29) is 0 Å². The Morgan fingerprint density at radius 2 is 0.848 bits per heavy atom. The summed E-state index contributed by atoms with van der Waals surface area (Å²) in [5.74, 6) is 0. The monoisotopic (exact) mass is 423 g/mol. The molecule has 7 rings (SSSR count). The Bertz CT molecular complexity index is 1660. The van der Waals surface area contributed by atoms with Gasteiger partial charge in [0.1, 0.15) is 0 Å². The standard InChI is InChI=1S/C30H21N3/c1-2-10-20(11-3-1)33(27-18-8-14-23-21-12-4-6-16-25(21)31-29(23)27)28-19-9-15-24-22-13-5-7-17-26(22)32-30(24)28/h1-19,31-32H. The molecule has 0 fully saturated rings. The van der Waals surface area contributed by atoms with Gasteiger partial charge in [-0.15, -0.1) is 0 Å². The summed E-state index contributed by atoms with van der Waals surface area (Å²) in [5, 5.41) is 4.94. The Hall–Kier alpha value is -4.50. The highest BCUT2D eigenvalue weighted by molar-refractivity contribution is 6.15. The molecule has 0 radical (unpaired) electrons. The molecule has 0 spiro atoms. The van der Waals surface area contributed by atoms with E-state index in [4.69, 9.17) is 0 Å². The van der Waals surface area contributed by atoms with Gasteiger partial charge in [0.2, 0.25) is 0 Å². The molecule has 2 aromatic heterocycles. The van der Waals surface area contributed by atoms with Crippen LogP contribution in [0.25, 0.3) is 43.6 Å². The second-order valence-electron chi connectivity index (χ2n) is 8.41. The van der Waals surface area contributed by atoms with Gasteiger partial charge < -0.3 is 14.9 Å². The van der Waals surface area contributed by atoms with Crippen molar-refractivity contribution in [1.82, 2.24) is 9.97 Å². The molecule has 0 aliphatic rings. The number of aromatic amines is 2. The van der Waals surface area contributed by atoms with Crippen LogP contribution in [0.15, 0.2) is 115 Å². The van der Waals surface area contributed by atoms with E-state index in [1.54, 1.807) is 0 Å². The quantitative estimate of drug-likeness (QED) is 0.294. The number of rotatable bonds is 3. The highest BCUT2D eigenvalue weighted by atomic mass is 15.2. The van der Waals surface area contributed by atoms with Gasteiger partial charge in [0, 0.05) is 38.3 Å². The summed E-state index contributed by atoms with van der Waals surface area (Å²) >= 11 is 0. The van der Waals surface area contributed by atoms with Crippen LogP contribution < -0.4 is 4.90 Å². The largest absolute Gasteiger partial charge is 0.353 e. The third kappa shape index (κ3) is 2.69. The SMILES string of the molecule is c1ccc(N(c2cccc3c2[nH]c2ccccc23)c2cccc3c2[nH]c2ccccc23)cc1. The number of benzene rings is 5. The van der Waals surface area contributed by atoms with Gasteiger partial charge in [0.25, 0.3) is 0 Å². The van der Waals surface area contributed by atoms with Crippen molar-refractivity contribution in [1.29, 1.82) is 0 Å². The van der Waals surface area contributed by atoms with Crippen LogP contribution in [0.5, 0.6) is 0 Å². The smallest absolute Gasteiger partial charge is 0.0709 e. The number of fused-ring (bicyclic) bond motifs is 6. The third-order valence-corrected chi connectivity index (χ3v) is 6.53. The van der Waals surface area contributed by atoms with E-state index in [1.165, 1.54) is 21.5 Å². The van der Waals surface area contributed by atoms with Gasteiger partial charge in [0.15, 0.2) is 0 Å². The lowest BCUT2D eigenvalue weighted by molar-refractivity contribution is 1.29. The van der Waals surface area contributed by atoms with Crippen molar-refractivity contribution in [2.45, 2.75) is 0 Å². The van der Waals surface area contributed by atoms with Crippen molar-refractivity contribution >= 4 is 60.7 Å². The van der Waals surface area contributed by atoms with Gasteiger partial charge >= 0.3 is 0 Å². The maximum Gasteiger partial charge on any atom is 0.0709 e. The summed E-state index contributed by atoms with van der Waals surface area (Å²) < 4.78 is 0. The van der Waals surface area contributed by atoms with Crippen LogP contribution in [0.3, 0.4) is 0 Å². The highest BCUT2D eigenvalue weighted by Gasteiger charge is 2.20. The Morgan fingerprint density at radius 3 is 1.39 bits per heavy atom. The second kappa shape index (κ2) is 7.01. The van der Waals surface area contributed by atoms with E-state index < -0.39 is 0 Å². The molecule has 0 saturated carbocycles. The maximum atomic E-state index is 3.69. The lowest BCUT2D eigenvalue weighted by Crippen LogP contribution is -2.11. The zero-order chi connectivity index (χ0) is 21.8. The molecule has 2 N–H and O–H groups in total. The summed E-state index contributed by atoms with van der Waals surface area (Å²) in [4.78, 5) is 9.74. The van der Waals surface area contributed by atoms with Crippen molar-refractivity contribution in [2.75, 3.05) is 4.90 Å². The van der Waals surface area contributed by atoms with Crippen LogP contribution in [-0.4, -0.2) is 9.97 Å². The predicted octanol–water partition coefficient (Wildman–Crippen LogP) is 8.43. The number of hydrogen-bond acceptors (Lipinski definition) is 1. The molecule has 156 valence electrons. The summed E-state index contributed by atoms with van der Waals surface area (Å²) in [6.07, 6.45) is 0. The zero-order valence-electron chi connectivity index (χ0n) is 17.9. The van der Waals surface area contributed by atoms with Gasteiger partial charge in [-0.2, -0.15) is 0 Å². The van der Waals surface area contributed by atoms with Crippen molar-refractivity contribution in [3.8, 4) is 0 Å². The first-order valence-electron chi connectivity index (χ1n) is 11.2. The fourth-order valence-corrected chi connectivity index (χ4v) is 5.07. The first-order chi connectivity index (χ1) is 16.4. The fourth-order valence-electron chi connectivity index (χ4n) is 5.07. The van der Waals surface area contributed by atoms with Crippen LogP contribution >= 0.6 is 0 Å². The minimum atomic E-state index is 1.12. The van der Waals surface area contributed by atoms with Gasteiger partial charge in [-0.3, -0.25) is 0 Å². The molecule has 2 heterocycles. The fraction of sp³-hybridized carbons (Fsp3) is 0. The molecule has 5 aromatic carbocycles. The molecule has 3 nitrogen and oxygen atoms in total. The van der Waals surface area contributed by atoms with Gasteiger partial charge in [-0.1, -0.05) is 78.9 Å². The molecule has 0 atom stereocenters. The molecule has 0 bridgehead atoms. The summed E-state index contributed by atoms with van der Waals surface area (Å²) in [5.41, 5.74) is 7.94. The predicted molar refractivity (Wildman–Crippen MR) is 140 cm³/mol. The van der Waals surface area contributed by atoms with Gasteiger partial charge in [0.05, 0.1) is 22.4 Å². The van der Waals surface area contributed by atoms with Crippen LogP contribution in [0.2, 0.25) is 0 Å². The summed E-state index contributed by atoms with van der Waals surface area (Å²) in [6, 6.07) is 40.7. The first kappa shape index (κ1) is 18.1. The lowest BCUT2D eigenvalue weighted by Gasteiger charge is -2.26. The van der Waals surface area contributed by atoms with Gasteiger partial charge in [-0.05, 0) is 36.4 Å². The first-order valence-corrected chi connectivity index (χ1v) is 11.2. The number of nitrogens with one attached hydrogen (secondary N) is 2. The third-order valence-electron chi connectivity index (χ3n) is 6.53. The molecule has 0 aliphatic carbocycles. The molecule has 3 heteroatoms. The van der Waals surface area contributed by atoms with Crippen molar-refractivity contribution in [3.05, 3.63) is 115 Å². The molecule has 0 unspecified atom stereocenters. The van der Waals surface area contributed by atoms with Crippen LogP contribution in [0, 0.1) is 0 Å². The van der Waals surface area contributed by atoms with Crippen LogP contribution in [0.4, 0.5) is 17.1 Å². The van der Waals surface area contributed by atoms with Crippen molar-refractivity contribution < 1.29 is 0 Å². The van der Waals surface area contributed by atoms with E-state index in [1.807, 2.05) is 0 Å². The topological polar surface area (TPSA) is 34.8 Å². The molecule has 7 aromatic rings. The Labute approximate surface area is 190 Å². The van der Waals surface area contributed by atoms with Crippen molar-refractivity contribution in [3.63, 3.8) is 0 Å². The summed E-state index contributed by atoms with van der Waals surface area (Å²) in [7, 11) is 0. The average Bonchev–Trinajstić information content (AvgIpc) is 3.44. The minimum Gasteiger partial charge on any atom is -0.353 e. The molecule has 0 saturated heterocycles. The van der Waals surface area contributed by atoms with E-state index >= 15 is 0 Å². The van der Waals surface area contributed by atoms with E-state index in [0.29, 0.717) is 0 Å². The number of H-pyrrole nitrogens is 2. The van der Waals surface area contributed by atoms with Crippen molar-refractivity contribution in [2.24, 2.45) is 0 Å². The van der Waals surface area contributed by atoms with E-state index in [9.17, 15) is 0 Å². The second-order valence-corrected chi connectivity index (χ2v) is 8.41. The number of para-hydroxylation sites is 5. The number of hydrogen-bond donors (Lipinski definition) is 2. The molecule has 0 amide bonds. The molecule has 33 heavy (non-hydrogen) atoms. The maximum absolute atomic E-state index is 3.69. The van der Waals surface area contributed by atoms with Crippen LogP contribution in [0.1, 0.15) is 0 Å². The summed E-state index contributed by atoms with van der Waals surface area (Å²) in [6.45, 7) is 0. The molecular formula is C30H21N3. The minimum absolute atomic E-state index is 1.12. The Kier molecular flexibility index (Phi) is 3.84. The number of nitrogens with zero attached hydrogens (tertiary/aromatic N) is 1. The number of aromatic nitrogens is 2. The normalized spacial score (nSPS) is 11.6.